The number of halogens is 1. The fourth-order valence-electron chi connectivity index (χ4n) is 4.01. The zero-order chi connectivity index (χ0) is 16.0. The van der Waals surface area contributed by atoms with Crippen LogP contribution in [0, 0.1) is 18.7 Å². The summed E-state index contributed by atoms with van der Waals surface area (Å²) in [4.78, 5) is 3.28. The molecule has 2 heterocycles. The monoisotopic (exact) mass is 334 g/mol. The third kappa shape index (κ3) is 2.79. The first-order chi connectivity index (χ1) is 11.2. The summed E-state index contributed by atoms with van der Waals surface area (Å²) in [5.74, 6) is 0.708. The number of aryl methyl sites for hydroxylation is 1. The van der Waals surface area contributed by atoms with E-state index >= 15 is 0 Å². The molecule has 1 saturated heterocycles. The van der Waals surface area contributed by atoms with Gasteiger partial charge in [-0.2, -0.15) is 0 Å². The molecule has 2 aliphatic rings. The second-order valence-corrected chi connectivity index (χ2v) is 8.09. The molecule has 1 aliphatic heterocycles. The van der Waals surface area contributed by atoms with Crippen LogP contribution in [0.3, 0.4) is 0 Å². The summed E-state index contributed by atoms with van der Waals surface area (Å²) < 4.78 is 16.7. The standard InChI is InChI=1S/C18H23FN2OS/c1-11-6-15(19)18-14(17(11)13-7-12(8-13)10-22)9-16(20-18)23-21-4-2-3-5-21/h6,9,12-13,20,22H,2-5,7-8,10H2,1H3. The molecule has 1 saturated carbocycles. The number of aliphatic hydroxyl groups is 1. The second-order valence-electron chi connectivity index (χ2n) is 6.96. The Morgan fingerprint density at radius 3 is 2.74 bits per heavy atom. The van der Waals surface area contributed by atoms with Crippen LogP contribution in [0.1, 0.15) is 42.7 Å². The van der Waals surface area contributed by atoms with Crippen molar-refractivity contribution in [3.8, 4) is 0 Å². The van der Waals surface area contributed by atoms with E-state index in [1.807, 2.05) is 6.92 Å². The highest BCUT2D eigenvalue weighted by atomic mass is 32.2. The van der Waals surface area contributed by atoms with E-state index in [0.717, 1.165) is 41.9 Å². The molecular weight excluding hydrogens is 311 g/mol. The summed E-state index contributed by atoms with van der Waals surface area (Å²) >= 11 is 1.71. The summed E-state index contributed by atoms with van der Waals surface area (Å²) in [5.41, 5.74) is 2.95. The van der Waals surface area contributed by atoms with Crippen molar-refractivity contribution in [2.24, 2.45) is 5.92 Å². The van der Waals surface area contributed by atoms with E-state index in [9.17, 15) is 9.50 Å². The number of benzene rings is 1. The Morgan fingerprint density at radius 1 is 1.30 bits per heavy atom. The Kier molecular flexibility index (Phi) is 4.12. The van der Waals surface area contributed by atoms with Crippen LogP contribution in [0.5, 0.6) is 0 Å². The summed E-state index contributed by atoms with van der Waals surface area (Å²) in [6.07, 6.45) is 4.52. The topological polar surface area (TPSA) is 39.3 Å². The van der Waals surface area contributed by atoms with Crippen LogP contribution in [-0.4, -0.2) is 34.1 Å². The van der Waals surface area contributed by atoms with E-state index in [0.29, 0.717) is 17.4 Å². The van der Waals surface area contributed by atoms with Crippen LogP contribution >= 0.6 is 11.9 Å². The summed E-state index contributed by atoms with van der Waals surface area (Å²) in [6, 6.07) is 3.78. The maximum Gasteiger partial charge on any atom is 0.147 e. The highest BCUT2D eigenvalue weighted by Crippen LogP contribution is 2.46. The largest absolute Gasteiger partial charge is 0.396 e. The average Bonchev–Trinajstić information content (AvgIpc) is 3.11. The molecule has 0 spiro atoms. The molecule has 0 unspecified atom stereocenters. The minimum absolute atomic E-state index is 0.160. The summed E-state index contributed by atoms with van der Waals surface area (Å²) in [5, 5.41) is 11.3. The lowest BCUT2D eigenvalue weighted by Gasteiger charge is -2.35. The first-order valence-corrected chi connectivity index (χ1v) is 9.28. The van der Waals surface area contributed by atoms with Gasteiger partial charge >= 0.3 is 0 Å². The van der Waals surface area contributed by atoms with E-state index < -0.39 is 0 Å². The number of aliphatic hydroxyl groups excluding tert-OH is 1. The summed E-state index contributed by atoms with van der Waals surface area (Å²) in [6.45, 7) is 4.48. The molecule has 4 rings (SSSR count). The van der Waals surface area contributed by atoms with Gasteiger partial charge in [0.05, 0.1) is 10.5 Å². The molecule has 0 bridgehead atoms. The number of nitrogens with zero attached hydrogens (tertiary/aromatic N) is 1. The maximum absolute atomic E-state index is 14.4. The van der Waals surface area contributed by atoms with E-state index in [4.69, 9.17) is 0 Å². The van der Waals surface area contributed by atoms with Crippen molar-refractivity contribution in [3.05, 3.63) is 29.1 Å². The van der Waals surface area contributed by atoms with Crippen LogP contribution in [0.15, 0.2) is 17.2 Å². The lowest BCUT2D eigenvalue weighted by atomic mass is 9.70. The number of hydrogen-bond acceptors (Lipinski definition) is 3. The van der Waals surface area contributed by atoms with Crippen molar-refractivity contribution in [1.29, 1.82) is 0 Å². The van der Waals surface area contributed by atoms with E-state index in [1.165, 1.54) is 18.4 Å². The number of nitrogens with one attached hydrogen (secondary N) is 1. The van der Waals surface area contributed by atoms with Crippen LogP contribution in [0.2, 0.25) is 0 Å². The zero-order valence-electron chi connectivity index (χ0n) is 13.4. The Bertz CT molecular complexity index is 717. The lowest BCUT2D eigenvalue weighted by molar-refractivity contribution is 0.142. The maximum atomic E-state index is 14.4. The molecule has 124 valence electrons. The SMILES string of the molecule is Cc1cc(F)c2[nH]c(SN3CCCC3)cc2c1C1CC(CO)C1. The van der Waals surface area contributed by atoms with Crippen LogP contribution in [0.25, 0.3) is 10.9 Å². The first kappa shape index (κ1) is 15.5. The fraction of sp³-hybridized carbons (Fsp3) is 0.556. The molecule has 0 atom stereocenters. The highest BCUT2D eigenvalue weighted by molar-refractivity contribution is 7.97. The van der Waals surface area contributed by atoms with Gasteiger partial charge in [-0.15, -0.1) is 0 Å². The van der Waals surface area contributed by atoms with Crippen LogP contribution in [-0.2, 0) is 0 Å². The molecule has 1 aliphatic carbocycles. The first-order valence-electron chi connectivity index (χ1n) is 8.51. The zero-order valence-corrected chi connectivity index (χ0v) is 14.3. The van der Waals surface area contributed by atoms with Gasteiger partial charge in [-0.05, 0) is 79.7 Å². The van der Waals surface area contributed by atoms with Gasteiger partial charge in [-0.25, -0.2) is 8.70 Å². The second kappa shape index (κ2) is 6.11. The van der Waals surface area contributed by atoms with Crippen molar-refractivity contribution in [3.63, 3.8) is 0 Å². The third-order valence-corrected chi connectivity index (χ3v) is 6.32. The molecule has 2 N–H and O–H groups in total. The Labute approximate surface area is 140 Å². The highest BCUT2D eigenvalue weighted by Gasteiger charge is 2.32. The van der Waals surface area contributed by atoms with Gasteiger partial charge in [0.2, 0.25) is 0 Å². The van der Waals surface area contributed by atoms with Crippen molar-refractivity contribution in [2.75, 3.05) is 19.7 Å². The molecule has 3 nitrogen and oxygen atoms in total. The molecular formula is C18H23FN2OS. The van der Waals surface area contributed by atoms with Crippen molar-refractivity contribution < 1.29 is 9.50 Å². The fourth-order valence-corrected chi connectivity index (χ4v) is 5.05. The number of aromatic amines is 1. The number of H-pyrrole nitrogens is 1. The Hall–Kier alpha value is -1.04. The van der Waals surface area contributed by atoms with Crippen LogP contribution in [0.4, 0.5) is 4.39 Å². The number of hydrogen-bond donors (Lipinski definition) is 2. The van der Waals surface area contributed by atoms with Crippen molar-refractivity contribution >= 4 is 22.9 Å². The lowest BCUT2D eigenvalue weighted by Crippen LogP contribution is -2.25. The van der Waals surface area contributed by atoms with Gasteiger partial charge in [-0.1, -0.05) is 0 Å². The van der Waals surface area contributed by atoms with Crippen LogP contribution < -0.4 is 0 Å². The molecule has 5 heteroatoms. The van der Waals surface area contributed by atoms with Gasteiger partial charge in [0.15, 0.2) is 0 Å². The molecule has 1 aromatic carbocycles. The molecule has 2 fully saturated rings. The summed E-state index contributed by atoms with van der Waals surface area (Å²) in [7, 11) is 0. The van der Waals surface area contributed by atoms with E-state index in [1.54, 1.807) is 18.0 Å². The average molecular weight is 334 g/mol. The molecule has 0 amide bonds. The van der Waals surface area contributed by atoms with Crippen molar-refractivity contribution in [1.82, 2.24) is 9.29 Å². The normalized spacial score (nSPS) is 25.2. The Balaban J connectivity index is 1.69. The number of rotatable bonds is 4. The van der Waals surface area contributed by atoms with E-state index in [2.05, 4.69) is 15.4 Å². The molecule has 23 heavy (non-hydrogen) atoms. The minimum Gasteiger partial charge on any atom is -0.396 e. The van der Waals surface area contributed by atoms with E-state index in [-0.39, 0.29) is 12.4 Å². The number of aromatic nitrogens is 1. The Morgan fingerprint density at radius 2 is 2.04 bits per heavy atom. The van der Waals surface area contributed by atoms with Gasteiger partial charge in [0.25, 0.3) is 0 Å². The van der Waals surface area contributed by atoms with Gasteiger partial charge in [-0.3, -0.25) is 0 Å². The smallest absolute Gasteiger partial charge is 0.147 e. The molecule has 2 aromatic rings. The molecule has 0 radical (unpaired) electrons. The predicted molar refractivity (Wildman–Crippen MR) is 92.2 cm³/mol. The van der Waals surface area contributed by atoms with Gasteiger partial charge in [0.1, 0.15) is 5.82 Å². The number of fused-ring (bicyclic) bond motifs is 1. The molecule has 1 aromatic heterocycles. The van der Waals surface area contributed by atoms with Gasteiger partial charge < -0.3 is 10.1 Å². The predicted octanol–water partition coefficient (Wildman–Crippen LogP) is 4.20. The van der Waals surface area contributed by atoms with Gasteiger partial charge in [0, 0.05) is 25.1 Å². The quantitative estimate of drug-likeness (QED) is 0.823. The van der Waals surface area contributed by atoms with Crippen molar-refractivity contribution in [2.45, 2.75) is 43.6 Å². The minimum atomic E-state index is -0.160. The third-order valence-electron chi connectivity index (χ3n) is 5.28.